The van der Waals surface area contributed by atoms with E-state index >= 15 is 0 Å². The summed E-state index contributed by atoms with van der Waals surface area (Å²) in [7, 11) is 3.76. The number of hydrogen-bond donors (Lipinski definition) is 1. The zero-order valence-corrected chi connectivity index (χ0v) is 12.9. The van der Waals surface area contributed by atoms with Crippen LogP contribution in [0.25, 0.3) is 0 Å². The molecule has 1 unspecified atom stereocenters. The fourth-order valence-electron chi connectivity index (χ4n) is 2.56. The predicted octanol–water partition coefficient (Wildman–Crippen LogP) is 1.82. The highest BCUT2D eigenvalue weighted by Gasteiger charge is 2.17. The van der Waals surface area contributed by atoms with E-state index in [1.807, 2.05) is 13.1 Å². The number of piperazine rings is 1. The van der Waals surface area contributed by atoms with Crippen molar-refractivity contribution in [2.24, 2.45) is 0 Å². The number of nitrogens with one attached hydrogen (secondary N) is 1. The fourth-order valence-corrected chi connectivity index (χ4v) is 2.56. The molecule has 4 heteroatoms. The summed E-state index contributed by atoms with van der Waals surface area (Å²) in [6.45, 7) is 7.92. The van der Waals surface area contributed by atoms with Crippen LogP contribution in [0.1, 0.15) is 13.3 Å². The van der Waals surface area contributed by atoms with Crippen LogP contribution in [0.5, 0.6) is 5.75 Å². The third-order valence-corrected chi connectivity index (χ3v) is 4.16. The molecule has 1 heterocycles. The van der Waals surface area contributed by atoms with E-state index in [4.69, 9.17) is 4.74 Å². The Balaban J connectivity index is 1.81. The molecular formula is C16H27N3O. The minimum absolute atomic E-state index is 0.603. The molecule has 2 rings (SSSR count). The van der Waals surface area contributed by atoms with Crippen molar-refractivity contribution in [3.63, 3.8) is 0 Å². The van der Waals surface area contributed by atoms with Crippen LogP contribution in [0.3, 0.4) is 0 Å². The Labute approximate surface area is 122 Å². The highest BCUT2D eigenvalue weighted by molar-refractivity contribution is 5.51. The summed E-state index contributed by atoms with van der Waals surface area (Å²) in [4.78, 5) is 5.00. The van der Waals surface area contributed by atoms with Crippen LogP contribution in [0, 0.1) is 0 Å². The zero-order valence-electron chi connectivity index (χ0n) is 12.9. The van der Waals surface area contributed by atoms with Crippen LogP contribution in [-0.2, 0) is 0 Å². The van der Waals surface area contributed by atoms with Gasteiger partial charge in [-0.05, 0) is 39.1 Å². The third kappa shape index (κ3) is 4.12. The van der Waals surface area contributed by atoms with Gasteiger partial charge in [-0.15, -0.1) is 0 Å². The average molecular weight is 277 g/mol. The van der Waals surface area contributed by atoms with Gasteiger partial charge >= 0.3 is 0 Å². The monoisotopic (exact) mass is 277 g/mol. The van der Waals surface area contributed by atoms with Crippen molar-refractivity contribution in [3.05, 3.63) is 24.3 Å². The van der Waals surface area contributed by atoms with Crippen LogP contribution >= 0.6 is 0 Å². The van der Waals surface area contributed by atoms with Gasteiger partial charge in [-0.2, -0.15) is 0 Å². The van der Waals surface area contributed by atoms with Crippen LogP contribution in [0.2, 0.25) is 0 Å². The van der Waals surface area contributed by atoms with E-state index in [-0.39, 0.29) is 0 Å². The summed E-state index contributed by atoms with van der Waals surface area (Å²) in [6, 6.07) is 8.96. The summed E-state index contributed by atoms with van der Waals surface area (Å²) in [5.41, 5.74) is 1.27. The van der Waals surface area contributed by atoms with Crippen molar-refractivity contribution in [2.75, 3.05) is 51.8 Å². The van der Waals surface area contributed by atoms with Gasteiger partial charge in [0.15, 0.2) is 0 Å². The van der Waals surface area contributed by atoms with Gasteiger partial charge in [0.1, 0.15) is 5.75 Å². The molecule has 0 spiro atoms. The molecule has 1 aliphatic heterocycles. The van der Waals surface area contributed by atoms with E-state index in [9.17, 15) is 0 Å². The Bertz CT molecular complexity index is 402. The molecular weight excluding hydrogens is 250 g/mol. The van der Waals surface area contributed by atoms with Crippen molar-refractivity contribution in [1.82, 2.24) is 10.2 Å². The lowest BCUT2D eigenvalue weighted by atomic mass is 10.2. The molecule has 1 aromatic rings. The number of methoxy groups -OCH3 is 1. The number of nitrogens with zero attached hydrogens (tertiary/aromatic N) is 2. The van der Waals surface area contributed by atoms with Crippen LogP contribution in [0.4, 0.5) is 5.69 Å². The Morgan fingerprint density at radius 2 is 2.00 bits per heavy atom. The molecule has 20 heavy (non-hydrogen) atoms. The Kier molecular flexibility index (Phi) is 5.68. The summed E-state index contributed by atoms with van der Waals surface area (Å²) in [5.74, 6) is 0.938. The van der Waals surface area contributed by atoms with Gasteiger partial charge in [-0.25, -0.2) is 0 Å². The maximum Gasteiger partial charge on any atom is 0.120 e. The van der Waals surface area contributed by atoms with E-state index < -0.39 is 0 Å². The summed E-state index contributed by atoms with van der Waals surface area (Å²) >= 11 is 0. The first-order valence-electron chi connectivity index (χ1n) is 7.51. The molecule has 0 aliphatic carbocycles. The molecule has 0 radical (unpaired) electrons. The lowest BCUT2D eigenvalue weighted by molar-refractivity contribution is 0.246. The van der Waals surface area contributed by atoms with Crippen LogP contribution in [-0.4, -0.2) is 57.8 Å². The largest absolute Gasteiger partial charge is 0.497 e. The van der Waals surface area contributed by atoms with Crippen molar-refractivity contribution in [1.29, 1.82) is 0 Å². The third-order valence-electron chi connectivity index (χ3n) is 4.16. The second-order valence-electron chi connectivity index (χ2n) is 5.51. The van der Waals surface area contributed by atoms with Crippen molar-refractivity contribution in [3.8, 4) is 5.75 Å². The number of anilines is 1. The van der Waals surface area contributed by atoms with E-state index in [2.05, 4.69) is 40.2 Å². The number of ether oxygens (including phenoxy) is 1. The molecule has 1 atom stereocenters. The normalized spacial score (nSPS) is 18.1. The molecule has 0 aromatic heterocycles. The first-order valence-corrected chi connectivity index (χ1v) is 7.51. The fraction of sp³-hybridized carbons (Fsp3) is 0.625. The highest BCUT2D eigenvalue weighted by Crippen LogP contribution is 2.22. The van der Waals surface area contributed by atoms with Gasteiger partial charge in [0.25, 0.3) is 0 Å². The molecule has 0 saturated carbocycles. The molecule has 1 N–H and O–H groups in total. The SMILES string of the molecule is CNC(C)CCN1CCN(c2cccc(OC)c2)CC1. The second-order valence-corrected chi connectivity index (χ2v) is 5.51. The minimum atomic E-state index is 0.603. The van der Waals surface area contributed by atoms with Crippen molar-refractivity contribution < 1.29 is 4.74 Å². The standard InChI is InChI=1S/C16H27N3O/c1-14(17-2)7-8-18-9-11-19(12-10-18)15-5-4-6-16(13-15)20-3/h4-6,13-14,17H,7-12H2,1-3H3. The quantitative estimate of drug-likeness (QED) is 0.858. The van der Waals surface area contributed by atoms with E-state index in [1.165, 1.54) is 18.7 Å². The maximum absolute atomic E-state index is 5.30. The number of rotatable bonds is 6. The molecule has 4 nitrogen and oxygen atoms in total. The van der Waals surface area contributed by atoms with Gasteiger partial charge < -0.3 is 15.0 Å². The minimum Gasteiger partial charge on any atom is -0.497 e. The van der Waals surface area contributed by atoms with Gasteiger partial charge in [-0.3, -0.25) is 4.90 Å². The van der Waals surface area contributed by atoms with Gasteiger partial charge in [0.05, 0.1) is 7.11 Å². The van der Waals surface area contributed by atoms with E-state index in [0.29, 0.717) is 6.04 Å². The number of hydrogen-bond acceptors (Lipinski definition) is 4. The van der Waals surface area contributed by atoms with Gasteiger partial charge in [-0.1, -0.05) is 6.07 Å². The number of benzene rings is 1. The highest BCUT2D eigenvalue weighted by atomic mass is 16.5. The zero-order chi connectivity index (χ0) is 14.4. The van der Waals surface area contributed by atoms with E-state index in [1.54, 1.807) is 7.11 Å². The van der Waals surface area contributed by atoms with Gasteiger partial charge in [0.2, 0.25) is 0 Å². The Morgan fingerprint density at radius 1 is 1.25 bits per heavy atom. The topological polar surface area (TPSA) is 27.7 Å². The van der Waals surface area contributed by atoms with Crippen LogP contribution in [0.15, 0.2) is 24.3 Å². The second kappa shape index (κ2) is 7.50. The summed E-state index contributed by atoms with van der Waals surface area (Å²) in [5, 5.41) is 3.30. The van der Waals surface area contributed by atoms with E-state index in [0.717, 1.165) is 31.9 Å². The predicted molar refractivity (Wildman–Crippen MR) is 84.8 cm³/mol. The molecule has 1 fully saturated rings. The van der Waals surface area contributed by atoms with Crippen LogP contribution < -0.4 is 15.0 Å². The maximum atomic E-state index is 5.30. The molecule has 1 saturated heterocycles. The molecule has 1 aliphatic rings. The first kappa shape index (κ1) is 15.1. The Morgan fingerprint density at radius 3 is 2.65 bits per heavy atom. The smallest absolute Gasteiger partial charge is 0.120 e. The lowest BCUT2D eigenvalue weighted by Gasteiger charge is -2.36. The average Bonchev–Trinajstić information content (AvgIpc) is 2.53. The van der Waals surface area contributed by atoms with Gasteiger partial charge in [0, 0.05) is 44.0 Å². The Hall–Kier alpha value is -1.26. The van der Waals surface area contributed by atoms with Crippen molar-refractivity contribution >= 4 is 5.69 Å². The summed E-state index contributed by atoms with van der Waals surface area (Å²) < 4.78 is 5.30. The first-order chi connectivity index (χ1) is 9.72. The molecule has 0 amide bonds. The molecule has 0 bridgehead atoms. The molecule has 1 aromatic carbocycles. The summed E-state index contributed by atoms with van der Waals surface area (Å²) in [6.07, 6.45) is 1.22. The lowest BCUT2D eigenvalue weighted by Crippen LogP contribution is -2.47. The van der Waals surface area contributed by atoms with Crippen molar-refractivity contribution in [2.45, 2.75) is 19.4 Å². The molecule has 112 valence electrons.